The normalized spacial score (nSPS) is 11.0. The predicted molar refractivity (Wildman–Crippen MR) is 89.0 cm³/mol. The first kappa shape index (κ1) is 15.1. The van der Waals surface area contributed by atoms with Gasteiger partial charge in [0, 0.05) is 10.6 Å². The van der Waals surface area contributed by atoms with Crippen molar-refractivity contribution in [2.45, 2.75) is 0 Å². The zero-order valence-electron chi connectivity index (χ0n) is 12.2. The van der Waals surface area contributed by atoms with E-state index in [1.54, 1.807) is 37.4 Å². The van der Waals surface area contributed by atoms with Gasteiger partial charge in [0.1, 0.15) is 5.75 Å². The van der Waals surface area contributed by atoms with Gasteiger partial charge < -0.3 is 4.74 Å². The van der Waals surface area contributed by atoms with E-state index in [0.29, 0.717) is 22.2 Å². The first-order valence-corrected chi connectivity index (χ1v) is 7.17. The number of aromatic amines is 2. The Bertz CT molecular complexity index is 914. The third kappa shape index (κ3) is 3.32. The van der Waals surface area contributed by atoms with Crippen molar-refractivity contribution in [1.29, 1.82) is 0 Å². The molecule has 0 aliphatic heterocycles. The van der Waals surface area contributed by atoms with Crippen LogP contribution in [0.25, 0.3) is 11.3 Å². The van der Waals surface area contributed by atoms with Gasteiger partial charge in [-0.15, -0.1) is 5.11 Å². The number of nitrogens with zero attached hydrogens (tertiary/aromatic N) is 2. The van der Waals surface area contributed by atoms with Crippen LogP contribution >= 0.6 is 11.6 Å². The lowest BCUT2D eigenvalue weighted by Gasteiger charge is -2.02. The molecule has 6 nitrogen and oxygen atoms in total. The molecule has 0 spiro atoms. The zero-order valence-corrected chi connectivity index (χ0v) is 13.0. The number of halogens is 1. The van der Waals surface area contributed by atoms with Gasteiger partial charge in [0.2, 0.25) is 0 Å². The molecule has 3 aromatic rings. The highest BCUT2D eigenvalue weighted by Gasteiger charge is 2.12. The first-order valence-electron chi connectivity index (χ1n) is 6.80. The van der Waals surface area contributed by atoms with Crippen molar-refractivity contribution in [3.63, 3.8) is 0 Å². The van der Waals surface area contributed by atoms with Crippen LogP contribution < -0.4 is 10.3 Å². The number of nitrogens with one attached hydrogen (secondary N) is 2. The summed E-state index contributed by atoms with van der Waals surface area (Å²) in [5, 5.41) is 14.0. The molecule has 2 aromatic carbocycles. The van der Waals surface area contributed by atoms with Gasteiger partial charge in [-0.3, -0.25) is 15.0 Å². The molecule has 0 saturated carbocycles. The molecular formula is C16H13ClN4O2. The van der Waals surface area contributed by atoms with Crippen molar-refractivity contribution < 1.29 is 4.74 Å². The predicted octanol–water partition coefficient (Wildman–Crippen LogP) is 4.45. The number of methoxy groups -OCH3 is 1. The van der Waals surface area contributed by atoms with Gasteiger partial charge in [-0.1, -0.05) is 29.8 Å². The average Bonchev–Trinajstić information content (AvgIpc) is 2.94. The Morgan fingerprint density at radius 3 is 2.65 bits per heavy atom. The molecule has 0 aliphatic rings. The van der Waals surface area contributed by atoms with Crippen molar-refractivity contribution in [3.05, 3.63) is 63.9 Å². The number of benzene rings is 2. The Balaban J connectivity index is 2.00. The van der Waals surface area contributed by atoms with Gasteiger partial charge in [-0.05, 0) is 30.3 Å². The fraction of sp³-hybridized carbons (Fsp3) is 0.0625. The Kier molecular flexibility index (Phi) is 4.25. The maximum atomic E-state index is 12.0. The summed E-state index contributed by atoms with van der Waals surface area (Å²) in [6, 6.07) is 14.2. The minimum Gasteiger partial charge on any atom is -0.497 e. The van der Waals surface area contributed by atoms with Crippen molar-refractivity contribution in [1.82, 2.24) is 10.2 Å². The maximum absolute atomic E-state index is 12.0. The highest BCUT2D eigenvalue weighted by molar-refractivity contribution is 6.30. The summed E-state index contributed by atoms with van der Waals surface area (Å²) in [6.45, 7) is 0. The molecule has 2 N–H and O–H groups in total. The summed E-state index contributed by atoms with van der Waals surface area (Å²) in [4.78, 5) is 12.0. The summed E-state index contributed by atoms with van der Waals surface area (Å²) in [5.74, 6) is 0.683. The van der Waals surface area contributed by atoms with Gasteiger partial charge in [0.05, 0.1) is 18.5 Å². The van der Waals surface area contributed by atoms with Crippen LogP contribution in [0, 0.1) is 0 Å². The van der Waals surface area contributed by atoms with E-state index in [-0.39, 0.29) is 11.2 Å². The summed E-state index contributed by atoms with van der Waals surface area (Å²) in [7, 11) is 1.58. The van der Waals surface area contributed by atoms with Gasteiger partial charge in [0.25, 0.3) is 5.56 Å². The zero-order chi connectivity index (χ0) is 16.2. The fourth-order valence-corrected chi connectivity index (χ4v) is 2.26. The van der Waals surface area contributed by atoms with Crippen LogP contribution in [-0.4, -0.2) is 17.3 Å². The molecule has 0 saturated heterocycles. The molecule has 7 heteroatoms. The summed E-state index contributed by atoms with van der Waals surface area (Å²) in [6.07, 6.45) is 0. The second-order valence-electron chi connectivity index (χ2n) is 4.71. The van der Waals surface area contributed by atoms with Crippen molar-refractivity contribution in [2.75, 3.05) is 7.11 Å². The van der Waals surface area contributed by atoms with Crippen LogP contribution in [-0.2, 0) is 0 Å². The minimum absolute atomic E-state index is 0.193. The fourth-order valence-electron chi connectivity index (χ4n) is 2.08. The Hall–Kier alpha value is -2.86. The third-order valence-corrected chi connectivity index (χ3v) is 3.42. The largest absolute Gasteiger partial charge is 0.497 e. The third-order valence-electron chi connectivity index (χ3n) is 3.18. The van der Waals surface area contributed by atoms with Crippen molar-refractivity contribution >= 4 is 23.0 Å². The highest BCUT2D eigenvalue weighted by Crippen LogP contribution is 2.29. The average molecular weight is 329 g/mol. The van der Waals surface area contributed by atoms with Crippen LogP contribution in [0.5, 0.6) is 5.75 Å². The molecule has 0 aliphatic carbocycles. The lowest BCUT2D eigenvalue weighted by atomic mass is 10.1. The smallest absolute Gasteiger partial charge is 0.292 e. The molecule has 0 unspecified atom stereocenters. The van der Waals surface area contributed by atoms with E-state index < -0.39 is 0 Å². The van der Waals surface area contributed by atoms with Crippen LogP contribution in [0.2, 0.25) is 5.02 Å². The van der Waals surface area contributed by atoms with Gasteiger partial charge in [0.15, 0.2) is 5.69 Å². The Labute approximate surface area is 136 Å². The number of H-pyrrole nitrogens is 2. The number of hydrogen-bond donors (Lipinski definition) is 2. The summed E-state index contributed by atoms with van der Waals surface area (Å²) < 4.78 is 5.19. The summed E-state index contributed by atoms with van der Waals surface area (Å²) in [5.41, 5.74) is 1.71. The minimum atomic E-state index is -0.353. The lowest BCUT2D eigenvalue weighted by Crippen LogP contribution is -1.96. The van der Waals surface area contributed by atoms with Crippen LogP contribution in [0.4, 0.5) is 11.4 Å². The topological polar surface area (TPSA) is 82.6 Å². The molecule has 23 heavy (non-hydrogen) atoms. The van der Waals surface area contributed by atoms with E-state index in [4.69, 9.17) is 16.3 Å². The van der Waals surface area contributed by atoms with Gasteiger partial charge >= 0.3 is 0 Å². The molecule has 0 fully saturated rings. The molecule has 1 aromatic heterocycles. The molecule has 0 radical (unpaired) electrons. The van der Waals surface area contributed by atoms with Crippen LogP contribution in [0.3, 0.4) is 0 Å². The number of ether oxygens (including phenoxy) is 1. The standard InChI is InChI=1S/C16H13ClN4O2/c1-23-13-7-2-4-10(8-13)14-15(16(22)21-19-14)20-18-12-6-3-5-11(17)9-12/h2-9H,1H3,(H2,19,21,22). The number of aromatic nitrogens is 2. The molecule has 0 bridgehead atoms. The van der Waals surface area contributed by atoms with Crippen molar-refractivity contribution in [2.24, 2.45) is 10.2 Å². The molecular weight excluding hydrogens is 316 g/mol. The quantitative estimate of drug-likeness (QED) is 0.694. The van der Waals surface area contributed by atoms with E-state index in [9.17, 15) is 4.79 Å². The molecule has 0 atom stereocenters. The van der Waals surface area contributed by atoms with E-state index in [1.807, 2.05) is 18.2 Å². The van der Waals surface area contributed by atoms with Crippen LogP contribution in [0.1, 0.15) is 0 Å². The van der Waals surface area contributed by atoms with E-state index in [2.05, 4.69) is 20.4 Å². The second kappa shape index (κ2) is 6.50. The molecule has 116 valence electrons. The lowest BCUT2D eigenvalue weighted by molar-refractivity contribution is 0.415. The molecule has 0 amide bonds. The maximum Gasteiger partial charge on any atom is 0.292 e. The van der Waals surface area contributed by atoms with Crippen LogP contribution in [0.15, 0.2) is 63.6 Å². The monoisotopic (exact) mass is 328 g/mol. The second-order valence-corrected chi connectivity index (χ2v) is 5.15. The Morgan fingerprint density at radius 1 is 1.04 bits per heavy atom. The van der Waals surface area contributed by atoms with Gasteiger partial charge in [-0.2, -0.15) is 5.11 Å². The number of rotatable bonds is 4. The summed E-state index contributed by atoms with van der Waals surface area (Å²) >= 11 is 5.91. The highest BCUT2D eigenvalue weighted by atomic mass is 35.5. The van der Waals surface area contributed by atoms with E-state index in [1.165, 1.54) is 0 Å². The molecule has 3 rings (SSSR count). The number of hydrogen-bond acceptors (Lipinski definition) is 4. The first-order chi connectivity index (χ1) is 11.2. The van der Waals surface area contributed by atoms with Crippen molar-refractivity contribution in [3.8, 4) is 17.0 Å². The number of azo groups is 1. The van der Waals surface area contributed by atoms with E-state index in [0.717, 1.165) is 5.56 Å². The van der Waals surface area contributed by atoms with Gasteiger partial charge in [-0.25, -0.2) is 0 Å². The van der Waals surface area contributed by atoms with E-state index >= 15 is 0 Å². The SMILES string of the molecule is COc1cccc(-c2[nH][nH]c(=O)c2N=Nc2cccc(Cl)c2)c1. The Morgan fingerprint density at radius 2 is 1.87 bits per heavy atom. The molecule has 1 heterocycles.